The van der Waals surface area contributed by atoms with Gasteiger partial charge in [0.1, 0.15) is 0 Å². The number of nitrogens with one attached hydrogen (secondary N) is 1. The number of nitrogens with zero attached hydrogens (tertiary/aromatic N) is 2. The molecule has 0 radical (unpaired) electrons. The third kappa shape index (κ3) is 4.19. The van der Waals surface area contributed by atoms with E-state index in [-0.39, 0.29) is 28.7 Å². The molecule has 7 heteroatoms. The Labute approximate surface area is 163 Å². The molecule has 2 aromatic carbocycles. The Morgan fingerprint density at radius 2 is 1.93 bits per heavy atom. The van der Waals surface area contributed by atoms with E-state index in [0.29, 0.717) is 0 Å². The predicted octanol–water partition coefficient (Wildman–Crippen LogP) is 3.85. The minimum atomic E-state index is -0.676. The Balaban J connectivity index is 1.59. The topological polar surface area (TPSA) is 105 Å². The highest BCUT2D eigenvalue weighted by Gasteiger charge is 2.44. The lowest BCUT2D eigenvalue weighted by atomic mass is 9.86. The third-order valence-corrected chi connectivity index (χ3v) is 4.95. The van der Waals surface area contributed by atoms with Crippen molar-refractivity contribution in [1.29, 1.82) is 0 Å². The van der Waals surface area contributed by atoms with Crippen molar-refractivity contribution >= 4 is 17.8 Å². The smallest absolute Gasteiger partial charge is 0.311 e. The Kier molecular flexibility index (Phi) is 5.18. The van der Waals surface area contributed by atoms with Crippen molar-refractivity contribution in [2.75, 3.05) is 0 Å². The molecule has 0 spiro atoms. The first kappa shape index (κ1) is 19.5. The summed E-state index contributed by atoms with van der Waals surface area (Å²) in [5.74, 6) is -0.647. The maximum absolute atomic E-state index is 12.3. The molecule has 0 saturated heterocycles. The second-order valence-corrected chi connectivity index (χ2v) is 8.03. The number of nitro benzene ring substituents is 1. The summed E-state index contributed by atoms with van der Waals surface area (Å²) in [5, 5.41) is 24.5. The molecule has 0 aromatic heterocycles. The van der Waals surface area contributed by atoms with Gasteiger partial charge in [0.15, 0.2) is 0 Å². The molecule has 1 saturated carbocycles. The van der Waals surface area contributed by atoms with Gasteiger partial charge in [-0.25, -0.2) is 5.43 Å². The average Bonchev–Trinajstić information content (AvgIpc) is 3.43. The minimum absolute atomic E-state index is 0.0889. The van der Waals surface area contributed by atoms with Crippen molar-refractivity contribution < 1.29 is 14.8 Å². The van der Waals surface area contributed by atoms with Crippen molar-refractivity contribution in [1.82, 2.24) is 5.43 Å². The van der Waals surface area contributed by atoms with Crippen LogP contribution < -0.4 is 5.43 Å². The molecule has 28 heavy (non-hydrogen) atoms. The number of benzene rings is 2. The van der Waals surface area contributed by atoms with Crippen LogP contribution >= 0.6 is 0 Å². The molecule has 0 heterocycles. The van der Waals surface area contributed by atoms with Crippen molar-refractivity contribution in [2.24, 2.45) is 11.0 Å². The largest absolute Gasteiger partial charge is 0.502 e. The quantitative estimate of drug-likeness (QED) is 0.466. The Morgan fingerprint density at radius 3 is 2.54 bits per heavy atom. The zero-order valence-electron chi connectivity index (χ0n) is 16.0. The zero-order chi connectivity index (χ0) is 20.5. The van der Waals surface area contributed by atoms with Gasteiger partial charge in [0.25, 0.3) is 0 Å². The number of phenolic OH excluding ortho intramolecular Hbond substituents is 1. The van der Waals surface area contributed by atoms with E-state index in [1.807, 2.05) is 0 Å². The fourth-order valence-corrected chi connectivity index (χ4v) is 3.13. The van der Waals surface area contributed by atoms with Gasteiger partial charge < -0.3 is 5.11 Å². The van der Waals surface area contributed by atoms with Crippen molar-refractivity contribution in [2.45, 2.75) is 38.5 Å². The summed E-state index contributed by atoms with van der Waals surface area (Å²) < 4.78 is 0. The molecule has 2 N–H and O–H groups in total. The zero-order valence-corrected chi connectivity index (χ0v) is 16.0. The lowest BCUT2D eigenvalue weighted by molar-refractivity contribution is -0.385. The maximum atomic E-state index is 12.3. The summed E-state index contributed by atoms with van der Waals surface area (Å²) in [5.41, 5.74) is 4.69. The van der Waals surface area contributed by atoms with Gasteiger partial charge in [-0.3, -0.25) is 14.9 Å². The number of para-hydroxylation sites is 1. The summed E-state index contributed by atoms with van der Waals surface area (Å²) in [4.78, 5) is 22.4. The Morgan fingerprint density at radius 1 is 1.25 bits per heavy atom. The normalized spacial score (nSPS) is 18.8. The number of hydrogen-bond acceptors (Lipinski definition) is 5. The number of rotatable bonds is 5. The van der Waals surface area contributed by atoms with Gasteiger partial charge in [0.05, 0.1) is 11.1 Å². The van der Waals surface area contributed by atoms with Crippen LogP contribution in [0.4, 0.5) is 5.69 Å². The van der Waals surface area contributed by atoms with E-state index in [2.05, 4.69) is 55.6 Å². The van der Waals surface area contributed by atoms with E-state index in [1.165, 1.54) is 30.0 Å². The number of carbonyl (C=O) groups excluding carboxylic acids is 1. The van der Waals surface area contributed by atoms with Crippen LogP contribution in [0.3, 0.4) is 0 Å². The Hall–Kier alpha value is -3.22. The van der Waals surface area contributed by atoms with E-state index < -0.39 is 16.4 Å². The first-order valence-corrected chi connectivity index (χ1v) is 9.08. The summed E-state index contributed by atoms with van der Waals surface area (Å²) in [6.07, 6.45) is 1.97. The fraction of sp³-hybridized carbons (Fsp3) is 0.333. The van der Waals surface area contributed by atoms with Gasteiger partial charge in [-0.15, -0.1) is 0 Å². The van der Waals surface area contributed by atoms with Gasteiger partial charge in [-0.1, -0.05) is 51.1 Å². The minimum Gasteiger partial charge on any atom is -0.502 e. The SMILES string of the molecule is CC(C)(C)c1ccc([C@H]2C[C@@H]2C(=O)N/N=C\c2cccc([N+](=O)[O-])c2O)cc1. The van der Waals surface area contributed by atoms with Gasteiger partial charge >= 0.3 is 5.69 Å². The van der Waals surface area contributed by atoms with Crippen molar-refractivity contribution in [3.05, 3.63) is 69.3 Å². The van der Waals surface area contributed by atoms with Crippen LogP contribution in [0.1, 0.15) is 49.8 Å². The molecule has 2 atom stereocenters. The first-order chi connectivity index (χ1) is 13.2. The molecule has 146 valence electrons. The van der Waals surface area contributed by atoms with E-state index in [0.717, 1.165) is 12.0 Å². The van der Waals surface area contributed by atoms with Crippen LogP contribution in [0, 0.1) is 16.0 Å². The number of amides is 1. The number of aromatic hydroxyl groups is 1. The molecular weight excluding hydrogens is 358 g/mol. The molecule has 1 fully saturated rings. The molecule has 1 aliphatic carbocycles. The molecule has 2 aromatic rings. The molecule has 1 aliphatic rings. The summed E-state index contributed by atoms with van der Waals surface area (Å²) in [7, 11) is 0. The van der Waals surface area contributed by atoms with Crippen molar-refractivity contribution in [3.8, 4) is 5.75 Å². The monoisotopic (exact) mass is 381 g/mol. The van der Waals surface area contributed by atoms with Gasteiger partial charge in [-0.2, -0.15) is 5.10 Å². The molecule has 3 rings (SSSR count). The van der Waals surface area contributed by atoms with Crippen LogP contribution in [0.25, 0.3) is 0 Å². The molecule has 0 bridgehead atoms. The van der Waals surface area contributed by atoms with Gasteiger partial charge in [0, 0.05) is 17.5 Å². The lowest BCUT2D eigenvalue weighted by Gasteiger charge is -2.19. The predicted molar refractivity (Wildman–Crippen MR) is 106 cm³/mol. The van der Waals surface area contributed by atoms with Gasteiger partial charge in [-0.05, 0) is 34.9 Å². The summed E-state index contributed by atoms with van der Waals surface area (Å²) >= 11 is 0. The van der Waals surface area contributed by atoms with Crippen LogP contribution in [-0.2, 0) is 10.2 Å². The summed E-state index contributed by atoms with van der Waals surface area (Å²) in [6, 6.07) is 12.5. The summed E-state index contributed by atoms with van der Waals surface area (Å²) in [6.45, 7) is 6.48. The second-order valence-electron chi connectivity index (χ2n) is 8.03. The highest BCUT2D eigenvalue weighted by atomic mass is 16.6. The van der Waals surface area contributed by atoms with Crippen LogP contribution in [0.15, 0.2) is 47.6 Å². The van der Waals surface area contributed by atoms with Crippen LogP contribution in [0.5, 0.6) is 5.75 Å². The number of nitro groups is 1. The average molecular weight is 381 g/mol. The molecular formula is C21H23N3O4. The highest BCUT2D eigenvalue weighted by molar-refractivity contribution is 5.88. The van der Waals surface area contributed by atoms with Crippen LogP contribution in [-0.4, -0.2) is 22.2 Å². The van der Waals surface area contributed by atoms with Crippen LogP contribution in [0.2, 0.25) is 0 Å². The molecule has 1 amide bonds. The highest BCUT2D eigenvalue weighted by Crippen LogP contribution is 2.47. The lowest BCUT2D eigenvalue weighted by Crippen LogP contribution is -2.20. The number of hydrazone groups is 1. The fourth-order valence-electron chi connectivity index (χ4n) is 3.13. The second kappa shape index (κ2) is 7.42. The van der Waals surface area contributed by atoms with E-state index in [9.17, 15) is 20.0 Å². The standard InChI is InChI=1S/C21H23N3O4/c1-21(2,3)15-9-7-13(8-10-15)16-11-17(16)20(26)23-22-12-14-5-4-6-18(19(14)25)24(27)28/h4-10,12,16-17,25H,11H2,1-3H3,(H,23,26)/b22-12-/t16-,17+/m1/s1. The molecule has 7 nitrogen and oxygen atoms in total. The number of hydrogen-bond donors (Lipinski definition) is 2. The van der Waals surface area contributed by atoms with E-state index in [4.69, 9.17) is 0 Å². The molecule has 0 aliphatic heterocycles. The number of carbonyl (C=O) groups is 1. The first-order valence-electron chi connectivity index (χ1n) is 9.08. The van der Waals surface area contributed by atoms with Gasteiger partial charge in [0.2, 0.25) is 11.7 Å². The van der Waals surface area contributed by atoms with E-state index in [1.54, 1.807) is 0 Å². The third-order valence-electron chi connectivity index (χ3n) is 4.95. The van der Waals surface area contributed by atoms with E-state index >= 15 is 0 Å². The maximum Gasteiger partial charge on any atom is 0.311 e. The Bertz CT molecular complexity index is 930. The van der Waals surface area contributed by atoms with Crippen molar-refractivity contribution in [3.63, 3.8) is 0 Å². The molecule has 0 unspecified atom stereocenters. The number of phenols is 1.